The molecule has 21 heavy (non-hydrogen) atoms. The van der Waals surface area contributed by atoms with E-state index in [1.807, 2.05) is 13.8 Å². The largest absolute Gasteiger partial charge is 0.476 e. The van der Waals surface area contributed by atoms with E-state index in [0.717, 1.165) is 0 Å². The van der Waals surface area contributed by atoms with Gasteiger partial charge in [0.25, 0.3) is 0 Å². The van der Waals surface area contributed by atoms with Crippen LogP contribution in [0.2, 0.25) is 0 Å². The zero-order valence-electron chi connectivity index (χ0n) is 12.8. The van der Waals surface area contributed by atoms with Gasteiger partial charge in [0.2, 0.25) is 5.91 Å². The van der Waals surface area contributed by atoms with Crippen LogP contribution in [0.1, 0.15) is 43.0 Å². The SMILES string of the molecule is COCCc1c(C(=O)O)nnn1C(C)C(=O)NCC(C)C. The second-order valence-electron chi connectivity index (χ2n) is 5.19. The van der Waals surface area contributed by atoms with Crippen molar-refractivity contribution in [1.82, 2.24) is 20.3 Å². The molecule has 0 aliphatic carbocycles. The van der Waals surface area contributed by atoms with Gasteiger partial charge in [-0.05, 0) is 12.8 Å². The zero-order chi connectivity index (χ0) is 16.0. The predicted molar refractivity (Wildman–Crippen MR) is 75.1 cm³/mol. The van der Waals surface area contributed by atoms with Crippen molar-refractivity contribution in [2.75, 3.05) is 20.3 Å². The van der Waals surface area contributed by atoms with Crippen molar-refractivity contribution in [2.45, 2.75) is 33.2 Å². The fraction of sp³-hybridized carbons (Fsp3) is 0.692. The first kappa shape index (κ1) is 17.1. The Labute approximate surface area is 123 Å². The van der Waals surface area contributed by atoms with E-state index in [0.29, 0.717) is 31.2 Å². The number of nitrogens with zero attached hydrogens (tertiary/aromatic N) is 3. The maximum Gasteiger partial charge on any atom is 0.358 e. The Morgan fingerprint density at radius 1 is 1.38 bits per heavy atom. The molecule has 1 amide bonds. The Bertz CT molecular complexity index is 498. The highest BCUT2D eigenvalue weighted by molar-refractivity contribution is 5.87. The number of aromatic nitrogens is 3. The summed E-state index contributed by atoms with van der Waals surface area (Å²) in [5.74, 6) is -1.05. The van der Waals surface area contributed by atoms with Crippen LogP contribution in [0.3, 0.4) is 0 Å². The molecule has 8 nitrogen and oxygen atoms in total. The number of carbonyl (C=O) groups excluding carboxylic acids is 1. The molecule has 0 aliphatic rings. The van der Waals surface area contributed by atoms with Gasteiger partial charge in [-0.15, -0.1) is 5.10 Å². The lowest BCUT2D eigenvalue weighted by Gasteiger charge is -2.16. The minimum Gasteiger partial charge on any atom is -0.476 e. The van der Waals surface area contributed by atoms with Crippen molar-refractivity contribution in [3.05, 3.63) is 11.4 Å². The molecule has 2 N–H and O–H groups in total. The minimum absolute atomic E-state index is 0.143. The summed E-state index contributed by atoms with van der Waals surface area (Å²) in [5.41, 5.74) is 0.243. The molecule has 8 heteroatoms. The molecule has 0 saturated carbocycles. The molecule has 0 aromatic carbocycles. The van der Waals surface area contributed by atoms with E-state index in [1.165, 1.54) is 11.8 Å². The lowest BCUT2D eigenvalue weighted by Crippen LogP contribution is -2.34. The van der Waals surface area contributed by atoms with E-state index in [4.69, 9.17) is 9.84 Å². The molecular weight excluding hydrogens is 276 g/mol. The molecule has 0 bridgehead atoms. The fourth-order valence-electron chi connectivity index (χ4n) is 1.79. The number of rotatable bonds is 8. The maximum atomic E-state index is 12.1. The Morgan fingerprint density at radius 2 is 2.05 bits per heavy atom. The van der Waals surface area contributed by atoms with Gasteiger partial charge in [0.1, 0.15) is 6.04 Å². The predicted octanol–water partition coefficient (Wildman–Crippen LogP) is 0.498. The maximum absolute atomic E-state index is 12.1. The second-order valence-corrected chi connectivity index (χ2v) is 5.19. The molecule has 0 radical (unpaired) electrons. The first-order chi connectivity index (χ1) is 9.88. The van der Waals surface area contributed by atoms with Crippen LogP contribution in [0.5, 0.6) is 0 Å². The third kappa shape index (κ3) is 4.52. The monoisotopic (exact) mass is 298 g/mol. The van der Waals surface area contributed by atoms with E-state index in [1.54, 1.807) is 6.92 Å². The summed E-state index contributed by atoms with van der Waals surface area (Å²) in [4.78, 5) is 23.2. The van der Waals surface area contributed by atoms with E-state index >= 15 is 0 Å². The number of carbonyl (C=O) groups is 2. The highest BCUT2D eigenvalue weighted by Gasteiger charge is 2.25. The number of nitrogens with one attached hydrogen (secondary N) is 1. The molecule has 1 unspecified atom stereocenters. The van der Waals surface area contributed by atoms with Crippen LogP contribution >= 0.6 is 0 Å². The Kier molecular flexibility index (Phi) is 6.29. The quantitative estimate of drug-likeness (QED) is 0.724. The third-order valence-electron chi connectivity index (χ3n) is 2.97. The number of amides is 1. The van der Waals surface area contributed by atoms with Gasteiger partial charge in [0.05, 0.1) is 12.3 Å². The summed E-state index contributed by atoms with van der Waals surface area (Å²) in [7, 11) is 1.52. The van der Waals surface area contributed by atoms with Crippen molar-refractivity contribution in [2.24, 2.45) is 5.92 Å². The Morgan fingerprint density at radius 3 is 2.57 bits per heavy atom. The summed E-state index contributed by atoms with van der Waals surface area (Å²) in [6.07, 6.45) is 0.326. The molecule has 118 valence electrons. The first-order valence-corrected chi connectivity index (χ1v) is 6.82. The standard InChI is InChI=1S/C13H22N4O4/c1-8(2)7-14-12(18)9(3)17-10(5-6-21-4)11(13(19)20)15-16-17/h8-9H,5-7H2,1-4H3,(H,14,18)(H,19,20). The molecule has 0 saturated heterocycles. The summed E-state index contributed by atoms with van der Waals surface area (Å²) in [5, 5.41) is 19.4. The second kappa shape index (κ2) is 7.72. The van der Waals surface area contributed by atoms with E-state index < -0.39 is 12.0 Å². The number of hydrogen-bond acceptors (Lipinski definition) is 5. The van der Waals surface area contributed by atoms with Gasteiger partial charge in [-0.1, -0.05) is 19.1 Å². The lowest BCUT2D eigenvalue weighted by molar-refractivity contribution is -0.124. The first-order valence-electron chi connectivity index (χ1n) is 6.82. The highest BCUT2D eigenvalue weighted by atomic mass is 16.5. The summed E-state index contributed by atoms with van der Waals surface area (Å²) in [6.45, 7) is 6.53. The smallest absolute Gasteiger partial charge is 0.358 e. The van der Waals surface area contributed by atoms with Gasteiger partial charge in [0.15, 0.2) is 5.69 Å². The van der Waals surface area contributed by atoms with Crippen LogP contribution < -0.4 is 5.32 Å². The Balaban J connectivity index is 2.94. The number of carboxylic acid groups (broad SMARTS) is 1. The molecule has 0 aliphatic heterocycles. The van der Waals surface area contributed by atoms with Gasteiger partial charge < -0.3 is 15.2 Å². The molecule has 1 atom stereocenters. The summed E-state index contributed by atoms with van der Waals surface area (Å²) >= 11 is 0. The molecule has 1 heterocycles. The number of methoxy groups -OCH3 is 1. The normalized spacial score (nSPS) is 12.4. The summed E-state index contributed by atoms with van der Waals surface area (Å²) in [6, 6.07) is -0.629. The van der Waals surface area contributed by atoms with Crippen LogP contribution in [-0.4, -0.2) is 52.2 Å². The lowest BCUT2D eigenvalue weighted by atomic mass is 10.2. The number of aromatic carboxylic acids is 1. The molecule has 1 aromatic heterocycles. The molecule has 0 fully saturated rings. The zero-order valence-corrected chi connectivity index (χ0v) is 12.8. The van der Waals surface area contributed by atoms with Crippen molar-refractivity contribution in [3.63, 3.8) is 0 Å². The van der Waals surface area contributed by atoms with Gasteiger partial charge in [-0.25, -0.2) is 9.48 Å². The van der Waals surface area contributed by atoms with E-state index in [9.17, 15) is 9.59 Å². The highest BCUT2D eigenvalue weighted by Crippen LogP contribution is 2.13. The average molecular weight is 298 g/mol. The van der Waals surface area contributed by atoms with Crippen molar-refractivity contribution < 1.29 is 19.4 Å². The van der Waals surface area contributed by atoms with Gasteiger partial charge in [0, 0.05) is 20.1 Å². The van der Waals surface area contributed by atoms with Crippen LogP contribution in [-0.2, 0) is 16.0 Å². The van der Waals surface area contributed by atoms with E-state index in [-0.39, 0.29) is 11.6 Å². The van der Waals surface area contributed by atoms with Gasteiger partial charge in [-0.2, -0.15) is 0 Å². The topological polar surface area (TPSA) is 106 Å². The van der Waals surface area contributed by atoms with Gasteiger partial charge in [-0.3, -0.25) is 4.79 Å². The molecular formula is C13H22N4O4. The van der Waals surface area contributed by atoms with Crippen LogP contribution in [0.4, 0.5) is 0 Å². The van der Waals surface area contributed by atoms with Gasteiger partial charge >= 0.3 is 5.97 Å². The average Bonchev–Trinajstić information content (AvgIpc) is 2.85. The summed E-state index contributed by atoms with van der Waals surface area (Å²) < 4.78 is 6.31. The van der Waals surface area contributed by atoms with Crippen LogP contribution in [0.15, 0.2) is 0 Å². The third-order valence-corrected chi connectivity index (χ3v) is 2.97. The molecule has 1 aromatic rings. The molecule has 0 spiro atoms. The van der Waals surface area contributed by atoms with Crippen molar-refractivity contribution in [3.8, 4) is 0 Å². The van der Waals surface area contributed by atoms with Crippen LogP contribution in [0.25, 0.3) is 0 Å². The van der Waals surface area contributed by atoms with Crippen molar-refractivity contribution in [1.29, 1.82) is 0 Å². The number of hydrogen-bond donors (Lipinski definition) is 2. The van der Waals surface area contributed by atoms with Crippen LogP contribution in [0, 0.1) is 5.92 Å². The fourth-order valence-corrected chi connectivity index (χ4v) is 1.79. The van der Waals surface area contributed by atoms with Crippen molar-refractivity contribution >= 4 is 11.9 Å². The van der Waals surface area contributed by atoms with E-state index in [2.05, 4.69) is 15.6 Å². The number of carboxylic acids is 1. The minimum atomic E-state index is -1.16. The molecule has 1 rings (SSSR count). The Hall–Kier alpha value is -1.96. The number of ether oxygens (including phenoxy) is 1.